The molecule has 2 aromatic rings. The van der Waals surface area contributed by atoms with Crippen LogP contribution in [0.3, 0.4) is 0 Å². The van der Waals surface area contributed by atoms with Gasteiger partial charge in [0.15, 0.2) is 0 Å². The summed E-state index contributed by atoms with van der Waals surface area (Å²) in [4.78, 5) is 7.28. The number of pyridine rings is 1. The fraction of sp³-hybridized carbons (Fsp3) is 0.500. The standard InChI is InChI=1S/C18H25N3/c1-3-19-12-16-7-6-10-21(16)13-15-11-14(2)20-18-9-5-4-8-17(15)18/h4-5,8-9,11,16,19H,3,6-7,10,12-13H2,1-2H3. The zero-order valence-corrected chi connectivity index (χ0v) is 13.1. The second-order valence-electron chi connectivity index (χ2n) is 6.01. The van der Waals surface area contributed by atoms with Gasteiger partial charge in [0.05, 0.1) is 5.52 Å². The molecule has 1 atom stereocenters. The highest BCUT2D eigenvalue weighted by molar-refractivity contribution is 5.82. The number of likely N-dealkylation sites (tertiary alicyclic amines) is 1. The molecule has 21 heavy (non-hydrogen) atoms. The van der Waals surface area contributed by atoms with Crippen LogP contribution in [0.2, 0.25) is 0 Å². The molecule has 0 bridgehead atoms. The van der Waals surface area contributed by atoms with Gasteiger partial charge in [-0.25, -0.2) is 0 Å². The molecule has 1 fully saturated rings. The Morgan fingerprint density at radius 1 is 1.33 bits per heavy atom. The van der Waals surface area contributed by atoms with Crippen molar-refractivity contribution in [2.24, 2.45) is 0 Å². The first-order valence-electron chi connectivity index (χ1n) is 8.08. The van der Waals surface area contributed by atoms with Crippen LogP contribution in [0.5, 0.6) is 0 Å². The number of aromatic nitrogens is 1. The first-order chi connectivity index (χ1) is 10.3. The second-order valence-corrected chi connectivity index (χ2v) is 6.01. The molecule has 1 aromatic carbocycles. The van der Waals surface area contributed by atoms with E-state index in [-0.39, 0.29) is 0 Å². The highest BCUT2D eigenvalue weighted by Gasteiger charge is 2.24. The lowest BCUT2D eigenvalue weighted by atomic mass is 10.1. The van der Waals surface area contributed by atoms with Gasteiger partial charge < -0.3 is 5.32 Å². The Bertz CT molecular complexity index is 608. The number of nitrogens with one attached hydrogen (secondary N) is 1. The molecule has 0 aliphatic carbocycles. The summed E-state index contributed by atoms with van der Waals surface area (Å²) < 4.78 is 0. The molecule has 1 aliphatic rings. The maximum atomic E-state index is 4.65. The zero-order chi connectivity index (χ0) is 14.7. The van der Waals surface area contributed by atoms with Crippen molar-refractivity contribution in [1.82, 2.24) is 15.2 Å². The largest absolute Gasteiger partial charge is 0.315 e. The lowest BCUT2D eigenvalue weighted by molar-refractivity contribution is 0.241. The minimum absolute atomic E-state index is 0.678. The summed E-state index contributed by atoms with van der Waals surface area (Å²) in [7, 11) is 0. The third-order valence-electron chi connectivity index (χ3n) is 4.43. The summed E-state index contributed by atoms with van der Waals surface area (Å²) in [6.45, 7) is 8.70. The molecule has 1 unspecified atom stereocenters. The van der Waals surface area contributed by atoms with E-state index in [1.807, 2.05) is 0 Å². The topological polar surface area (TPSA) is 28.2 Å². The van der Waals surface area contributed by atoms with Gasteiger partial charge in [-0.2, -0.15) is 0 Å². The zero-order valence-electron chi connectivity index (χ0n) is 13.1. The normalized spacial score (nSPS) is 19.4. The Balaban J connectivity index is 1.84. The van der Waals surface area contributed by atoms with Gasteiger partial charge in [0.25, 0.3) is 0 Å². The quantitative estimate of drug-likeness (QED) is 0.914. The Kier molecular flexibility index (Phi) is 4.51. The lowest BCUT2D eigenvalue weighted by Crippen LogP contribution is -2.37. The van der Waals surface area contributed by atoms with Crippen molar-refractivity contribution >= 4 is 10.9 Å². The summed E-state index contributed by atoms with van der Waals surface area (Å²) >= 11 is 0. The Morgan fingerprint density at radius 2 is 2.19 bits per heavy atom. The number of nitrogens with zero attached hydrogens (tertiary/aromatic N) is 2. The first-order valence-corrected chi connectivity index (χ1v) is 8.08. The van der Waals surface area contributed by atoms with Gasteiger partial charge in [-0.15, -0.1) is 0 Å². The molecule has 0 spiro atoms. The van der Waals surface area contributed by atoms with Crippen molar-refractivity contribution in [3.05, 3.63) is 41.6 Å². The SMILES string of the molecule is CCNCC1CCCN1Cc1cc(C)nc2ccccc12. The van der Waals surface area contributed by atoms with E-state index in [1.54, 1.807) is 0 Å². The summed E-state index contributed by atoms with van der Waals surface area (Å²) in [5.74, 6) is 0. The minimum Gasteiger partial charge on any atom is -0.315 e. The van der Waals surface area contributed by atoms with Crippen molar-refractivity contribution in [3.63, 3.8) is 0 Å². The van der Waals surface area contributed by atoms with Crippen LogP contribution in [-0.4, -0.2) is 35.6 Å². The van der Waals surface area contributed by atoms with Crippen LogP contribution in [0.4, 0.5) is 0 Å². The molecule has 0 saturated carbocycles. The van der Waals surface area contributed by atoms with Crippen molar-refractivity contribution in [2.75, 3.05) is 19.6 Å². The first kappa shape index (κ1) is 14.5. The molecule has 1 aromatic heterocycles. The van der Waals surface area contributed by atoms with E-state index in [9.17, 15) is 0 Å². The number of likely N-dealkylation sites (N-methyl/N-ethyl adjacent to an activating group) is 1. The van der Waals surface area contributed by atoms with E-state index in [0.717, 1.165) is 30.8 Å². The van der Waals surface area contributed by atoms with Crippen molar-refractivity contribution in [3.8, 4) is 0 Å². The van der Waals surface area contributed by atoms with E-state index in [2.05, 4.69) is 59.4 Å². The number of hydrogen-bond donors (Lipinski definition) is 1. The Morgan fingerprint density at radius 3 is 3.05 bits per heavy atom. The van der Waals surface area contributed by atoms with Gasteiger partial charge in [0.2, 0.25) is 0 Å². The maximum Gasteiger partial charge on any atom is 0.0708 e. The van der Waals surface area contributed by atoms with Crippen LogP contribution in [0.1, 0.15) is 31.0 Å². The molecule has 112 valence electrons. The van der Waals surface area contributed by atoms with Crippen molar-refractivity contribution in [2.45, 2.75) is 39.3 Å². The Hall–Kier alpha value is -1.45. The number of hydrogen-bond acceptors (Lipinski definition) is 3. The number of aryl methyl sites for hydroxylation is 1. The van der Waals surface area contributed by atoms with Gasteiger partial charge in [0, 0.05) is 30.2 Å². The number of para-hydroxylation sites is 1. The second kappa shape index (κ2) is 6.54. The molecule has 1 N–H and O–H groups in total. The smallest absolute Gasteiger partial charge is 0.0708 e. The van der Waals surface area contributed by atoms with E-state index in [1.165, 1.54) is 30.3 Å². The van der Waals surface area contributed by atoms with E-state index in [0.29, 0.717) is 6.04 Å². The van der Waals surface area contributed by atoms with Gasteiger partial charge in [-0.05, 0) is 50.6 Å². The number of rotatable bonds is 5. The number of benzene rings is 1. The van der Waals surface area contributed by atoms with Crippen LogP contribution in [0, 0.1) is 6.92 Å². The summed E-state index contributed by atoms with van der Waals surface area (Å²) in [6, 6.07) is 11.4. The highest BCUT2D eigenvalue weighted by Crippen LogP contribution is 2.24. The van der Waals surface area contributed by atoms with Crippen LogP contribution < -0.4 is 5.32 Å². The van der Waals surface area contributed by atoms with Crippen molar-refractivity contribution < 1.29 is 0 Å². The van der Waals surface area contributed by atoms with E-state index >= 15 is 0 Å². The Labute approximate surface area is 127 Å². The molecule has 0 amide bonds. The van der Waals surface area contributed by atoms with Crippen LogP contribution in [0.15, 0.2) is 30.3 Å². The predicted molar refractivity (Wildman–Crippen MR) is 88.5 cm³/mol. The van der Waals surface area contributed by atoms with Crippen LogP contribution in [-0.2, 0) is 6.54 Å². The highest BCUT2D eigenvalue weighted by atomic mass is 15.2. The fourth-order valence-corrected chi connectivity index (χ4v) is 3.39. The van der Waals surface area contributed by atoms with Gasteiger partial charge in [-0.1, -0.05) is 25.1 Å². The average Bonchev–Trinajstić information content (AvgIpc) is 2.92. The average molecular weight is 283 g/mol. The molecular formula is C18H25N3. The monoisotopic (exact) mass is 283 g/mol. The lowest BCUT2D eigenvalue weighted by Gasteiger charge is -2.25. The van der Waals surface area contributed by atoms with Crippen LogP contribution in [0.25, 0.3) is 10.9 Å². The van der Waals surface area contributed by atoms with Gasteiger partial charge in [0.1, 0.15) is 0 Å². The van der Waals surface area contributed by atoms with Crippen molar-refractivity contribution in [1.29, 1.82) is 0 Å². The van der Waals surface area contributed by atoms with E-state index < -0.39 is 0 Å². The number of fused-ring (bicyclic) bond motifs is 1. The third-order valence-corrected chi connectivity index (χ3v) is 4.43. The molecule has 2 heterocycles. The maximum absolute atomic E-state index is 4.65. The molecule has 3 rings (SSSR count). The van der Waals surface area contributed by atoms with E-state index in [4.69, 9.17) is 0 Å². The molecule has 0 radical (unpaired) electrons. The molecule has 1 saturated heterocycles. The third kappa shape index (κ3) is 3.25. The van der Waals surface area contributed by atoms with Gasteiger partial charge >= 0.3 is 0 Å². The fourth-order valence-electron chi connectivity index (χ4n) is 3.39. The minimum atomic E-state index is 0.678. The molecule has 1 aliphatic heterocycles. The predicted octanol–water partition coefficient (Wildman–Crippen LogP) is 3.12. The summed E-state index contributed by atoms with van der Waals surface area (Å²) in [5.41, 5.74) is 3.66. The van der Waals surface area contributed by atoms with Crippen LogP contribution >= 0.6 is 0 Å². The molecule has 3 heteroatoms. The summed E-state index contributed by atoms with van der Waals surface area (Å²) in [6.07, 6.45) is 2.63. The summed E-state index contributed by atoms with van der Waals surface area (Å²) in [5, 5.41) is 4.80. The molecular weight excluding hydrogens is 258 g/mol. The van der Waals surface area contributed by atoms with Gasteiger partial charge in [-0.3, -0.25) is 9.88 Å². The molecule has 3 nitrogen and oxygen atoms in total.